The van der Waals surface area contributed by atoms with Crippen LogP contribution in [-0.2, 0) is 11.2 Å². The Balaban J connectivity index is 0.00000288. The molecule has 0 saturated heterocycles. The fourth-order valence-electron chi connectivity index (χ4n) is 2.11. The van der Waals surface area contributed by atoms with Crippen LogP contribution in [0.2, 0.25) is 0 Å². The molecule has 4 N–H and O–H groups in total. The number of amides is 1. The van der Waals surface area contributed by atoms with Gasteiger partial charge in [-0.2, -0.15) is 0 Å². The van der Waals surface area contributed by atoms with Gasteiger partial charge in [0.1, 0.15) is 6.54 Å². The number of hydrogen-bond acceptors (Lipinski definition) is 2. The van der Waals surface area contributed by atoms with Gasteiger partial charge < -0.3 is 16.4 Å². The van der Waals surface area contributed by atoms with Crippen LogP contribution in [0.3, 0.4) is 0 Å². The first-order valence-electron chi connectivity index (χ1n) is 7.58. The summed E-state index contributed by atoms with van der Waals surface area (Å²) < 4.78 is 0. The Kier molecular flexibility index (Phi) is 8.85. The number of halogens is 1. The summed E-state index contributed by atoms with van der Waals surface area (Å²) in [4.78, 5) is 15.8. The molecule has 0 spiro atoms. The molecule has 0 heterocycles. The van der Waals surface area contributed by atoms with Gasteiger partial charge >= 0.3 is 0 Å². The molecule has 5 nitrogen and oxygen atoms in total. The summed E-state index contributed by atoms with van der Waals surface area (Å²) in [6.07, 6.45) is 0.799. The molecule has 0 atom stereocenters. The van der Waals surface area contributed by atoms with E-state index in [1.54, 1.807) is 0 Å². The fourth-order valence-corrected chi connectivity index (χ4v) is 2.11. The molecule has 2 aromatic rings. The van der Waals surface area contributed by atoms with Crippen molar-refractivity contribution in [3.8, 4) is 0 Å². The smallest absolute Gasteiger partial charge is 0.241 e. The van der Waals surface area contributed by atoms with E-state index in [-0.39, 0.29) is 42.4 Å². The zero-order valence-corrected chi connectivity index (χ0v) is 16.0. The van der Waals surface area contributed by atoms with E-state index in [1.807, 2.05) is 61.5 Å². The number of hydrogen-bond donors (Lipinski definition) is 3. The Morgan fingerprint density at radius 3 is 2.58 bits per heavy atom. The quantitative estimate of drug-likeness (QED) is 0.369. The molecule has 1 amide bonds. The number of nitrogens with two attached hydrogens (primary N) is 1. The van der Waals surface area contributed by atoms with Crippen LogP contribution in [0.1, 0.15) is 11.1 Å². The van der Waals surface area contributed by atoms with E-state index in [2.05, 4.69) is 15.6 Å². The second-order valence-corrected chi connectivity index (χ2v) is 5.28. The van der Waals surface area contributed by atoms with Crippen LogP contribution < -0.4 is 16.4 Å². The zero-order chi connectivity index (χ0) is 16.5. The number of carbonyl (C=O) groups excluding carboxylic acids is 1. The van der Waals surface area contributed by atoms with Crippen molar-refractivity contribution in [2.45, 2.75) is 13.3 Å². The van der Waals surface area contributed by atoms with Gasteiger partial charge in [-0.3, -0.25) is 4.79 Å². The Morgan fingerprint density at radius 2 is 1.88 bits per heavy atom. The monoisotopic (exact) mass is 438 g/mol. The number of aryl methyl sites for hydroxylation is 1. The molecular formula is C18H23IN4O. The lowest BCUT2D eigenvalue weighted by Crippen LogP contribution is -2.30. The standard InChI is InChI=1S/C18H22N4O.HI/c1-14-6-5-9-16(12-14)22-18(19)21-13-17(23)20-11-10-15-7-3-2-4-8-15;/h2-9,12H,10-11,13H2,1H3,(H,20,23)(H3,19,21,22);1H. The van der Waals surface area contributed by atoms with Crippen molar-refractivity contribution < 1.29 is 4.79 Å². The minimum Gasteiger partial charge on any atom is -0.370 e. The van der Waals surface area contributed by atoms with Crippen molar-refractivity contribution in [2.24, 2.45) is 10.7 Å². The first kappa shape index (κ1) is 20.0. The number of guanidine groups is 1. The first-order valence-corrected chi connectivity index (χ1v) is 7.58. The number of rotatable bonds is 6. The van der Waals surface area contributed by atoms with Gasteiger partial charge in [0.2, 0.25) is 5.91 Å². The van der Waals surface area contributed by atoms with Crippen LogP contribution in [0.4, 0.5) is 5.69 Å². The van der Waals surface area contributed by atoms with E-state index in [0.717, 1.165) is 17.7 Å². The predicted octanol–water partition coefficient (Wildman–Crippen LogP) is 2.70. The van der Waals surface area contributed by atoms with E-state index in [0.29, 0.717) is 6.54 Å². The van der Waals surface area contributed by atoms with E-state index in [9.17, 15) is 4.79 Å². The molecular weight excluding hydrogens is 415 g/mol. The number of aliphatic imine (C=N–C) groups is 1. The largest absolute Gasteiger partial charge is 0.370 e. The third kappa shape index (κ3) is 7.45. The third-order valence-corrected chi connectivity index (χ3v) is 3.26. The maximum Gasteiger partial charge on any atom is 0.241 e. The summed E-state index contributed by atoms with van der Waals surface area (Å²) in [5.74, 6) is 0.0868. The number of carbonyl (C=O) groups is 1. The lowest BCUT2D eigenvalue weighted by Gasteiger charge is -2.07. The van der Waals surface area contributed by atoms with Crippen LogP contribution in [0.5, 0.6) is 0 Å². The number of nitrogens with zero attached hydrogens (tertiary/aromatic N) is 1. The van der Waals surface area contributed by atoms with Crippen LogP contribution >= 0.6 is 24.0 Å². The molecule has 0 unspecified atom stereocenters. The molecule has 0 aliphatic carbocycles. The molecule has 0 bridgehead atoms. The Hall–Kier alpha value is -2.09. The van der Waals surface area contributed by atoms with Crippen molar-refractivity contribution in [3.63, 3.8) is 0 Å². The lowest BCUT2D eigenvalue weighted by atomic mass is 10.1. The normalized spacial score (nSPS) is 10.6. The molecule has 0 saturated carbocycles. The highest BCUT2D eigenvalue weighted by molar-refractivity contribution is 14.0. The Morgan fingerprint density at radius 1 is 1.12 bits per heavy atom. The minimum atomic E-state index is -0.144. The molecule has 128 valence electrons. The molecule has 2 rings (SSSR count). The van der Waals surface area contributed by atoms with Gasteiger partial charge in [0.15, 0.2) is 5.96 Å². The summed E-state index contributed by atoms with van der Waals surface area (Å²) in [6.45, 7) is 2.60. The van der Waals surface area contributed by atoms with Crippen molar-refractivity contribution in [3.05, 3.63) is 65.7 Å². The molecule has 0 aliphatic rings. The number of anilines is 1. The zero-order valence-electron chi connectivity index (χ0n) is 13.7. The third-order valence-electron chi connectivity index (χ3n) is 3.26. The minimum absolute atomic E-state index is 0. The summed E-state index contributed by atoms with van der Waals surface area (Å²) in [6, 6.07) is 17.8. The highest BCUT2D eigenvalue weighted by Crippen LogP contribution is 2.08. The molecule has 0 aromatic heterocycles. The van der Waals surface area contributed by atoms with E-state index in [4.69, 9.17) is 5.73 Å². The van der Waals surface area contributed by atoms with Crippen LogP contribution in [-0.4, -0.2) is 25.0 Å². The predicted molar refractivity (Wildman–Crippen MR) is 110 cm³/mol. The Labute approximate surface area is 159 Å². The van der Waals surface area contributed by atoms with Crippen LogP contribution in [0.25, 0.3) is 0 Å². The molecule has 0 fully saturated rings. The summed E-state index contributed by atoms with van der Waals surface area (Å²) >= 11 is 0. The SMILES string of the molecule is Cc1cccc(NC(N)=NCC(=O)NCCc2ccccc2)c1.I. The number of benzene rings is 2. The summed E-state index contributed by atoms with van der Waals surface area (Å²) in [7, 11) is 0. The van der Waals surface area contributed by atoms with Gasteiger partial charge in [0.05, 0.1) is 0 Å². The number of nitrogens with one attached hydrogen (secondary N) is 2. The van der Waals surface area contributed by atoms with Gasteiger partial charge in [0, 0.05) is 12.2 Å². The van der Waals surface area contributed by atoms with Crippen molar-refractivity contribution in [2.75, 3.05) is 18.4 Å². The van der Waals surface area contributed by atoms with Gasteiger partial charge in [-0.15, -0.1) is 24.0 Å². The molecule has 2 aromatic carbocycles. The maximum atomic E-state index is 11.7. The second-order valence-electron chi connectivity index (χ2n) is 5.28. The Bertz CT molecular complexity index is 674. The highest BCUT2D eigenvalue weighted by Gasteiger charge is 2.01. The average Bonchev–Trinajstić information content (AvgIpc) is 2.54. The molecule has 0 aliphatic heterocycles. The van der Waals surface area contributed by atoms with Crippen molar-refractivity contribution in [1.82, 2.24) is 5.32 Å². The molecule has 0 radical (unpaired) electrons. The first-order chi connectivity index (χ1) is 11.1. The van der Waals surface area contributed by atoms with Gasteiger partial charge in [-0.05, 0) is 36.6 Å². The van der Waals surface area contributed by atoms with Crippen LogP contribution in [0.15, 0.2) is 59.6 Å². The molecule has 6 heteroatoms. The second kappa shape index (κ2) is 10.6. The van der Waals surface area contributed by atoms with E-state index < -0.39 is 0 Å². The van der Waals surface area contributed by atoms with Crippen molar-refractivity contribution in [1.29, 1.82) is 0 Å². The highest BCUT2D eigenvalue weighted by atomic mass is 127. The maximum absolute atomic E-state index is 11.7. The molecule has 24 heavy (non-hydrogen) atoms. The van der Waals surface area contributed by atoms with E-state index >= 15 is 0 Å². The topological polar surface area (TPSA) is 79.5 Å². The van der Waals surface area contributed by atoms with Crippen molar-refractivity contribution >= 4 is 41.5 Å². The van der Waals surface area contributed by atoms with Gasteiger partial charge in [-0.25, -0.2) is 4.99 Å². The van der Waals surface area contributed by atoms with E-state index in [1.165, 1.54) is 5.56 Å². The van der Waals surface area contributed by atoms with Crippen LogP contribution in [0, 0.1) is 6.92 Å². The summed E-state index contributed by atoms with van der Waals surface area (Å²) in [5.41, 5.74) is 8.96. The van der Waals surface area contributed by atoms with Gasteiger partial charge in [-0.1, -0.05) is 42.5 Å². The summed E-state index contributed by atoms with van der Waals surface area (Å²) in [5, 5.41) is 5.80. The lowest BCUT2D eigenvalue weighted by molar-refractivity contribution is -0.119. The fraction of sp³-hybridized carbons (Fsp3) is 0.222. The van der Waals surface area contributed by atoms with Gasteiger partial charge in [0.25, 0.3) is 0 Å². The average molecular weight is 438 g/mol.